The van der Waals surface area contributed by atoms with E-state index in [4.69, 9.17) is 27.9 Å². The van der Waals surface area contributed by atoms with Crippen molar-refractivity contribution in [2.24, 2.45) is 0 Å². The van der Waals surface area contributed by atoms with Crippen LogP contribution in [0.3, 0.4) is 0 Å². The first kappa shape index (κ1) is 18.0. The van der Waals surface area contributed by atoms with Gasteiger partial charge in [0.05, 0.1) is 13.2 Å². The molecule has 2 rings (SSSR count). The van der Waals surface area contributed by atoms with Crippen LogP contribution in [0.15, 0.2) is 18.2 Å². The van der Waals surface area contributed by atoms with Crippen LogP contribution in [0.4, 0.5) is 0 Å². The molecule has 23 heavy (non-hydrogen) atoms. The van der Waals surface area contributed by atoms with Gasteiger partial charge in [0.1, 0.15) is 0 Å². The minimum Gasteiger partial charge on any atom is -0.465 e. The van der Waals surface area contributed by atoms with Crippen molar-refractivity contribution in [2.75, 3.05) is 39.3 Å². The Morgan fingerprint density at radius 2 is 1.78 bits per heavy atom. The third-order valence-corrected chi connectivity index (χ3v) is 4.08. The van der Waals surface area contributed by atoms with E-state index in [1.807, 2.05) is 4.90 Å². The van der Waals surface area contributed by atoms with Gasteiger partial charge in [0, 0.05) is 41.8 Å². The first-order chi connectivity index (χ1) is 11.0. The van der Waals surface area contributed by atoms with Crippen molar-refractivity contribution >= 4 is 35.1 Å². The van der Waals surface area contributed by atoms with Gasteiger partial charge in [0.15, 0.2) is 0 Å². The molecule has 126 valence electrons. The number of ether oxygens (including phenoxy) is 1. The molecule has 1 amide bonds. The van der Waals surface area contributed by atoms with Crippen LogP contribution in [0.1, 0.15) is 23.7 Å². The predicted molar refractivity (Wildman–Crippen MR) is 90.1 cm³/mol. The Hall–Kier alpha value is -1.30. The normalized spacial score (nSPS) is 16.0. The Balaban J connectivity index is 1.97. The van der Waals surface area contributed by atoms with Crippen LogP contribution >= 0.6 is 23.2 Å². The van der Waals surface area contributed by atoms with E-state index in [1.54, 1.807) is 30.0 Å². The summed E-state index contributed by atoms with van der Waals surface area (Å²) in [7, 11) is 0. The van der Waals surface area contributed by atoms with Crippen molar-refractivity contribution in [1.29, 1.82) is 0 Å². The fourth-order valence-electron chi connectivity index (χ4n) is 2.58. The summed E-state index contributed by atoms with van der Waals surface area (Å²) in [5.74, 6) is -0.318. The zero-order valence-electron chi connectivity index (χ0n) is 13.1. The first-order valence-corrected chi connectivity index (χ1v) is 8.38. The molecule has 5 nitrogen and oxygen atoms in total. The third kappa shape index (κ3) is 5.37. The van der Waals surface area contributed by atoms with Gasteiger partial charge >= 0.3 is 5.97 Å². The minimum atomic E-state index is -0.228. The molecule has 0 radical (unpaired) electrons. The Labute approximate surface area is 146 Å². The Morgan fingerprint density at radius 3 is 2.43 bits per heavy atom. The fourth-order valence-corrected chi connectivity index (χ4v) is 3.11. The Bertz CT molecular complexity index is 560. The zero-order chi connectivity index (χ0) is 16.8. The molecular weight excluding hydrogens is 339 g/mol. The first-order valence-electron chi connectivity index (χ1n) is 7.63. The number of halogens is 2. The van der Waals surface area contributed by atoms with Crippen molar-refractivity contribution in [2.45, 2.75) is 13.3 Å². The highest BCUT2D eigenvalue weighted by molar-refractivity contribution is 6.35. The number of amides is 1. The van der Waals surface area contributed by atoms with Crippen LogP contribution in [-0.4, -0.2) is 61.0 Å². The van der Waals surface area contributed by atoms with E-state index < -0.39 is 0 Å². The molecule has 0 saturated carbocycles. The molecule has 0 N–H and O–H groups in total. The molecule has 0 aliphatic carbocycles. The van der Waals surface area contributed by atoms with Crippen LogP contribution in [0, 0.1) is 0 Å². The van der Waals surface area contributed by atoms with Gasteiger partial charge in [-0.1, -0.05) is 23.2 Å². The molecule has 1 saturated heterocycles. The number of hydrogen-bond acceptors (Lipinski definition) is 4. The van der Waals surface area contributed by atoms with Crippen LogP contribution < -0.4 is 0 Å². The molecule has 0 unspecified atom stereocenters. The molecule has 0 spiro atoms. The lowest BCUT2D eigenvalue weighted by atomic mass is 10.2. The Kier molecular flexibility index (Phi) is 6.69. The van der Waals surface area contributed by atoms with Crippen molar-refractivity contribution in [3.05, 3.63) is 33.8 Å². The number of nitrogens with zero attached hydrogens (tertiary/aromatic N) is 2. The lowest BCUT2D eigenvalue weighted by Crippen LogP contribution is -2.37. The summed E-state index contributed by atoms with van der Waals surface area (Å²) < 4.78 is 4.96. The molecule has 1 aromatic carbocycles. The summed E-state index contributed by atoms with van der Waals surface area (Å²) in [5.41, 5.74) is 0.487. The number of benzene rings is 1. The molecule has 1 heterocycles. The van der Waals surface area contributed by atoms with Crippen LogP contribution in [0.5, 0.6) is 0 Å². The number of carbonyl (C=O) groups excluding carboxylic acids is 2. The monoisotopic (exact) mass is 358 g/mol. The second-order valence-corrected chi connectivity index (χ2v) is 6.26. The molecule has 0 bridgehead atoms. The van der Waals surface area contributed by atoms with Crippen LogP contribution in [-0.2, 0) is 9.53 Å². The maximum atomic E-state index is 12.6. The van der Waals surface area contributed by atoms with E-state index in [0.717, 1.165) is 13.0 Å². The highest BCUT2D eigenvalue weighted by Gasteiger charge is 2.22. The number of hydrogen-bond donors (Lipinski definition) is 0. The molecule has 1 aliphatic heterocycles. The van der Waals surface area contributed by atoms with Crippen molar-refractivity contribution in [3.63, 3.8) is 0 Å². The third-order valence-electron chi connectivity index (χ3n) is 3.64. The summed E-state index contributed by atoms with van der Waals surface area (Å²) >= 11 is 11.9. The molecule has 1 fully saturated rings. The summed E-state index contributed by atoms with van der Waals surface area (Å²) in [6.07, 6.45) is 0.805. The molecule has 1 aliphatic rings. The van der Waals surface area contributed by atoms with Crippen LogP contribution in [0.2, 0.25) is 10.0 Å². The minimum absolute atomic E-state index is 0.0904. The van der Waals surface area contributed by atoms with Gasteiger partial charge in [-0.3, -0.25) is 14.5 Å². The van der Waals surface area contributed by atoms with Crippen LogP contribution in [0.25, 0.3) is 0 Å². The number of rotatable bonds is 4. The SMILES string of the molecule is CCOC(=O)CN1CCCN(C(=O)c2cc(Cl)cc(Cl)c2)CC1. The molecular formula is C16H20Cl2N2O3. The summed E-state index contributed by atoms with van der Waals surface area (Å²) in [6, 6.07) is 4.84. The predicted octanol–water partition coefficient (Wildman–Crippen LogP) is 2.70. The maximum Gasteiger partial charge on any atom is 0.320 e. The number of carbonyl (C=O) groups is 2. The van der Waals surface area contributed by atoms with Gasteiger partial charge < -0.3 is 9.64 Å². The van der Waals surface area contributed by atoms with Crippen molar-refractivity contribution in [1.82, 2.24) is 9.80 Å². The smallest absolute Gasteiger partial charge is 0.320 e. The van der Waals surface area contributed by atoms with Gasteiger partial charge in [-0.25, -0.2) is 0 Å². The highest BCUT2D eigenvalue weighted by atomic mass is 35.5. The lowest BCUT2D eigenvalue weighted by molar-refractivity contribution is -0.144. The quantitative estimate of drug-likeness (QED) is 0.776. The zero-order valence-corrected chi connectivity index (χ0v) is 14.6. The lowest BCUT2D eigenvalue weighted by Gasteiger charge is -2.21. The average molecular weight is 359 g/mol. The topological polar surface area (TPSA) is 49.9 Å². The maximum absolute atomic E-state index is 12.6. The van der Waals surface area contributed by atoms with E-state index in [-0.39, 0.29) is 18.4 Å². The van der Waals surface area contributed by atoms with E-state index in [1.165, 1.54) is 0 Å². The second-order valence-electron chi connectivity index (χ2n) is 5.39. The van der Waals surface area contributed by atoms with Gasteiger partial charge in [-0.05, 0) is 31.5 Å². The standard InChI is InChI=1S/C16H20Cl2N2O3/c1-2-23-15(21)11-19-4-3-5-20(7-6-19)16(22)12-8-13(17)10-14(18)9-12/h8-10H,2-7,11H2,1H3. The molecule has 7 heteroatoms. The second kappa shape index (κ2) is 8.52. The van der Waals surface area contributed by atoms with Crippen molar-refractivity contribution < 1.29 is 14.3 Å². The van der Waals surface area contributed by atoms with Gasteiger partial charge in [0.25, 0.3) is 5.91 Å². The fraction of sp³-hybridized carbons (Fsp3) is 0.500. The largest absolute Gasteiger partial charge is 0.465 e. The highest BCUT2D eigenvalue weighted by Crippen LogP contribution is 2.20. The molecule has 1 aromatic rings. The van der Waals surface area contributed by atoms with Crippen molar-refractivity contribution in [3.8, 4) is 0 Å². The van der Waals surface area contributed by atoms with E-state index >= 15 is 0 Å². The number of esters is 1. The van der Waals surface area contributed by atoms with E-state index in [2.05, 4.69) is 0 Å². The van der Waals surface area contributed by atoms with E-state index in [9.17, 15) is 9.59 Å². The summed E-state index contributed by atoms with van der Waals surface area (Å²) in [4.78, 5) is 27.9. The summed E-state index contributed by atoms with van der Waals surface area (Å²) in [6.45, 7) is 5.03. The molecule has 0 aromatic heterocycles. The van der Waals surface area contributed by atoms with Gasteiger partial charge in [-0.2, -0.15) is 0 Å². The van der Waals surface area contributed by atoms with Gasteiger partial charge in [0.2, 0.25) is 0 Å². The summed E-state index contributed by atoms with van der Waals surface area (Å²) in [5, 5.41) is 0.888. The van der Waals surface area contributed by atoms with Gasteiger partial charge in [-0.15, -0.1) is 0 Å². The Morgan fingerprint density at radius 1 is 1.09 bits per heavy atom. The van der Waals surface area contributed by atoms with E-state index in [0.29, 0.717) is 41.8 Å². The molecule has 0 atom stereocenters. The average Bonchev–Trinajstić information content (AvgIpc) is 2.71.